The third-order valence-electron chi connectivity index (χ3n) is 5.34. The van der Waals surface area contributed by atoms with E-state index in [1.165, 1.54) is 0 Å². The lowest BCUT2D eigenvalue weighted by atomic mass is 10.1. The summed E-state index contributed by atoms with van der Waals surface area (Å²) in [4.78, 5) is 31.0. The van der Waals surface area contributed by atoms with Gasteiger partial charge in [0.2, 0.25) is 11.8 Å². The van der Waals surface area contributed by atoms with Gasteiger partial charge in [-0.15, -0.1) is 0 Å². The molecular weight excluding hydrogens is 340 g/mol. The van der Waals surface area contributed by atoms with Gasteiger partial charge in [0, 0.05) is 45.8 Å². The molecule has 2 amide bonds. The molecule has 0 saturated carbocycles. The van der Waals surface area contributed by atoms with E-state index in [9.17, 15) is 9.59 Å². The maximum absolute atomic E-state index is 12.8. The molecule has 2 unspecified atom stereocenters. The highest BCUT2D eigenvalue weighted by atomic mass is 16.2. The first-order chi connectivity index (χ1) is 12.9. The average molecular weight is 375 g/mol. The van der Waals surface area contributed by atoms with Crippen LogP contribution in [0.25, 0.3) is 0 Å². The molecule has 0 spiro atoms. The van der Waals surface area contributed by atoms with Crippen LogP contribution in [0.3, 0.4) is 0 Å². The van der Waals surface area contributed by atoms with Gasteiger partial charge in [0.1, 0.15) is 0 Å². The van der Waals surface area contributed by atoms with Crippen LogP contribution in [0.5, 0.6) is 0 Å². The number of piperazine rings is 1. The number of benzene rings is 1. The molecule has 0 aliphatic carbocycles. The van der Waals surface area contributed by atoms with Gasteiger partial charge in [-0.05, 0) is 25.8 Å². The van der Waals surface area contributed by atoms with Crippen LogP contribution in [0.15, 0.2) is 30.3 Å². The normalized spacial score (nSPS) is 17.9. The molecule has 6 nitrogen and oxygen atoms in total. The Kier molecular flexibility index (Phi) is 8.25. The number of carbonyl (C=O) groups excluding carboxylic acids is 2. The summed E-state index contributed by atoms with van der Waals surface area (Å²) in [6.07, 6.45) is 0.940. The van der Waals surface area contributed by atoms with Crippen LogP contribution in [0, 0.1) is 0 Å². The number of hydrogen-bond acceptors (Lipinski definition) is 4. The molecule has 1 aliphatic heterocycles. The molecule has 0 aromatic heterocycles. The highest BCUT2D eigenvalue weighted by Crippen LogP contribution is 2.11. The van der Waals surface area contributed by atoms with E-state index in [4.69, 9.17) is 0 Å². The first kappa shape index (κ1) is 21.4. The van der Waals surface area contributed by atoms with E-state index in [1.807, 2.05) is 51.2 Å². The largest absolute Gasteiger partial charge is 0.353 e. The second kappa shape index (κ2) is 10.4. The van der Waals surface area contributed by atoms with Crippen molar-refractivity contribution in [3.8, 4) is 0 Å². The highest BCUT2D eigenvalue weighted by molar-refractivity contribution is 5.81. The molecule has 1 aliphatic rings. The van der Waals surface area contributed by atoms with Gasteiger partial charge in [-0.1, -0.05) is 37.3 Å². The zero-order valence-electron chi connectivity index (χ0n) is 17.1. The van der Waals surface area contributed by atoms with E-state index in [0.717, 1.165) is 38.2 Å². The van der Waals surface area contributed by atoms with Crippen molar-refractivity contribution in [1.29, 1.82) is 0 Å². The SMILES string of the molecule is CCC(C)NC(=O)CN1CCN(C(C)C(=O)N(C)Cc2ccccc2)CC1. The molecule has 0 bridgehead atoms. The van der Waals surface area contributed by atoms with Gasteiger partial charge in [0.25, 0.3) is 0 Å². The fourth-order valence-corrected chi connectivity index (χ4v) is 3.34. The van der Waals surface area contributed by atoms with Crippen molar-refractivity contribution < 1.29 is 9.59 Å². The molecule has 2 atom stereocenters. The van der Waals surface area contributed by atoms with Gasteiger partial charge < -0.3 is 10.2 Å². The topological polar surface area (TPSA) is 55.9 Å². The highest BCUT2D eigenvalue weighted by Gasteiger charge is 2.28. The summed E-state index contributed by atoms with van der Waals surface area (Å²) >= 11 is 0. The van der Waals surface area contributed by atoms with E-state index >= 15 is 0 Å². The van der Waals surface area contributed by atoms with Crippen LogP contribution in [0.2, 0.25) is 0 Å². The Morgan fingerprint density at radius 3 is 2.33 bits per heavy atom. The molecule has 0 radical (unpaired) electrons. The summed E-state index contributed by atoms with van der Waals surface area (Å²) in [6, 6.07) is 10.1. The quantitative estimate of drug-likeness (QED) is 0.750. The Balaban J connectivity index is 1.77. The molecule has 1 aromatic carbocycles. The van der Waals surface area contributed by atoms with Crippen molar-refractivity contribution in [2.24, 2.45) is 0 Å². The Labute approximate surface area is 163 Å². The number of nitrogens with one attached hydrogen (secondary N) is 1. The minimum Gasteiger partial charge on any atom is -0.353 e. The second-order valence-electron chi connectivity index (χ2n) is 7.54. The molecule has 6 heteroatoms. The van der Waals surface area contributed by atoms with Crippen molar-refractivity contribution in [2.45, 2.75) is 45.8 Å². The standard InChI is InChI=1S/C21H34N4O2/c1-5-17(2)22-20(26)16-24-11-13-25(14-12-24)18(3)21(27)23(4)15-19-9-7-6-8-10-19/h6-10,17-18H,5,11-16H2,1-4H3,(H,22,26). The molecule has 2 rings (SSSR count). The maximum Gasteiger partial charge on any atom is 0.239 e. The molecule has 1 aromatic rings. The minimum atomic E-state index is -0.144. The first-order valence-corrected chi connectivity index (χ1v) is 9.95. The number of likely N-dealkylation sites (N-methyl/N-ethyl adjacent to an activating group) is 1. The summed E-state index contributed by atoms with van der Waals surface area (Å²) < 4.78 is 0. The second-order valence-corrected chi connectivity index (χ2v) is 7.54. The Morgan fingerprint density at radius 2 is 1.74 bits per heavy atom. The number of rotatable bonds is 8. The summed E-state index contributed by atoms with van der Waals surface area (Å²) in [7, 11) is 1.86. The van der Waals surface area contributed by atoms with Crippen molar-refractivity contribution in [1.82, 2.24) is 20.0 Å². The fraction of sp³-hybridized carbons (Fsp3) is 0.619. The van der Waals surface area contributed by atoms with Crippen LogP contribution < -0.4 is 5.32 Å². The average Bonchev–Trinajstić information content (AvgIpc) is 2.68. The van der Waals surface area contributed by atoms with Gasteiger partial charge in [0.15, 0.2) is 0 Å². The lowest BCUT2D eigenvalue weighted by Crippen LogP contribution is -2.55. The Hall–Kier alpha value is -1.92. The predicted molar refractivity (Wildman–Crippen MR) is 108 cm³/mol. The predicted octanol–water partition coefficient (Wildman–Crippen LogP) is 1.57. The lowest BCUT2D eigenvalue weighted by Gasteiger charge is -2.38. The van der Waals surface area contributed by atoms with E-state index in [0.29, 0.717) is 13.1 Å². The third-order valence-corrected chi connectivity index (χ3v) is 5.34. The van der Waals surface area contributed by atoms with Gasteiger partial charge in [0.05, 0.1) is 12.6 Å². The fourth-order valence-electron chi connectivity index (χ4n) is 3.34. The van der Waals surface area contributed by atoms with Crippen LogP contribution in [0.4, 0.5) is 0 Å². The lowest BCUT2D eigenvalue weighted by molar-refractivity contribution is -0.136. The molecule has 1 fully saturated rings. The van der Waals surface area contributed by atoms with Crippen LogP contribution in [0.1, 0.15) is 32.8 Å². The Bertz CT molecular complexity index is 599. The number of carbonyl (C=O) groups is 2. The van der Waals surface area contributed by atoms with Gasteiger partial charge in [-0.25, -0.2) is 0 Å². The molecule has 1 saturated heterocycles. The van der Waals surface area contributed by atoms with Gasteiger partial charge in [-0.2, -0.15) is 0 Å². The zero-order valence-corrected chi connectivity index (χ0v) is 17.1. The molecule has 150 valence electrons. The smallest absolute Gasteiger partial charge is 0.239 e. The van der Waals surface area contributed by atoms with Crippen molar-refractivity contribution in [2.75, 3.05) is 39.8 Å². The van der Waals surface area contributed by atoms with Crippen molar-refractivity contribution >= 4 is 11.8 Å². The number of nitrogens with zero attached hydrogens (tertiary/aromatic N) is 3. The monoisotopic (exact) mass is 374 g/mol. The van der Waals surface area contributed by atoms with Crippen LogP contribution in [-0.4, -0.2) is 78.4 Å². The van der Waals surface area contributed by atoms with E-state index in [1.54, 1.807) is 4.90 Å². The first-order valence-electron chi connectivity index (χ1n) is 9.95. The van der Waals surface area contributed by atoms with E-state index < -0.39 is 0 Å². The molecule has 1 heterocycles. The van der Waals surface area contributed by atoms with Crippen molar-refractivity contribution in [3.05, 3.63) is 35.9 Å². The summed E-state index contributed by atoms with van der Waals surface area (Å²) in [5, 5.41) is 3.01. The van der Waals surface area contributed by atoms with E-state index in [2.05, 4.69) is 22.0 Å². The van der Waals surface area contributed by atoms with Crippen LogP contribution in [-0.2, 0) is 16.1 Å². The Morgan fingerprint density at radius 1 is 1.11 bits per heavy atom. The number of amides is 2. The zero-order chi connectivity index (χ0) is 19.8. The number of hydrogen-bond donors (Lipinski definition) is 1. The molecular formula is C21H34N4O2. The maximum atomic E-state index is 12.8. The summed E-state index contributed by atoms with van der Waals surface area (Å²) in [5.74, 6) is 0.228. The van der Waals surface area contributed by atoms with Gasteiger partial charge in [-0.3, -0.25) is 19.4 Å². The minimum absolute atomic E-state index is 0.0875. The molecule has 27 heavy (non-hydrogen) atoms. The third kappa shape index (κ3) is 6.63. The van der Waals surface area contributed by atoms with E-state index in [-0.39, 0.29) is 23.9 Å². The summed E-state index contributed by atoms with van der Waals surface area (Å²) in [6.45, 7) is 10.4. The van der Waals surface area contributed by atoms with Gasteiger partial charge >= 0.3 is 0 Å². The van der Waals surface area contributed by atoms with Crippen LogP contribution >= 0.6 is 0 Å². The molecule has 1 N–H and O–H groups in total. The summed E-state index contributed by atoms with van der Waals surface area (Å²) in [5.41, 5.74) is 1.14. The van der Waals surface area contributed by atoms with Crippen molar-refractivity contribution in [3.63, 3.8) is 0 Å².